The van der Waals surface area contributed by atoms with Gasteiger partial charge >= 0.3 is 0 Å². The smallest absolute Gasteiger partial charge is 0.174 e. The van der Waals surface area contributed by atoms with E-state index in [0.717, 1.165) is 6.42 Å². The molecule has 0 radical (unpaired) electrons. The first-order chi connectivity index (χ1) is 9.15. The van der Waals surface area contributed by atoms with E-state index in [1.54, 1.807) is 6.07 Å². The van der Waals surface area contributed by atoms with Gasteiger partial charge in [-0.1, -0.05) is 13.0 Å². The molecule has 102 valence electrons. The highest BCUT2D eigenvalue weighted by Gasteiger charge is 2.24. The van der Waals surface area contributed by atoms with Crippen LogP contribution in [0.5, 0.6) is 0 Å². The van der Waals surface area contributed by atoms with Gasteiger partial charge in [0.25, 0.3) is 0 Å². The van der Waals surface area contributed by atoms with Gasteiger partial charge in [-0.05, 0) is 47.1 Å². The number of benzene rings is 1. The van der Waals surface area contributed by atoms with Gasteiger partial charge in [0.05, 0.1) is 12.3 Å². The van der Waals surface area contributed by atoms with Crippen molar-refractivity contribution in [2.24, 2.45) is 0 Å². The Hall–Kier alpha value is -1.20. The molecule has 2 nitrogen and oxygen atoms in total. The SMILES string of the molecule is CCCNC(c1ccoc1Br)c1c(F)cccc1F. The Labute approximate surface area is 118 Å². The fourth-order valence-electron chi connectivity index (χ4n) is 1.95. The molecule has 2 rings (SSSR count). The maximum atomic E-state index is 13.9. The molecule has 1 unspecified atom stereocenters. The molecule has 5 heteroatoms. The van der Waals surface area contributed by atoms with Crippen molar-refractivity contribution in [2.75, 3.05) is 6.54 Å². The van der Waals surface area contributed by atoms with Crippen LogP contribution in [0.3, 0.4) is 0 Å². The quantitative estimate of drug-likeness (QED) is 0.878. The van der Waals surface area contributed by atoms with Gasteiger partial charge in [0.1, 0.15) is 11.6 Å². The van der Waals surface area contributed by atoms with Gasteiger partial charge in [0, 0.05) is 11.1 Å². The molecule has 0 saturated heterocycles. The molecular weight excluding hydrogens is 316 g/mol. The number of hydrogen-bond acceptors (Lipinski definition) is 2. The molecule has 0 bridgehead atoms. The lowest BCUT2D eigenvalue weighted by atomic mass is 10.00. The van der Waals surface area contributed by atoms with E-state index in [9.17, 15) is 8.78 Å². The zero-order valence-electron chi connectivity index (χ0n) is 10.4. The molecule has 0 saturated carbocycles. The Morgan fingerprint density at radius 3 is 2.47 bits per heavy atom. The predicted octanol–water partition coefficient (Wildman–Crippen LogP) is 4.41. The highest BCUT2D eigenvalue weighted by molar-refractivity contribution is 9.10. The third-order valence-corrected chi connectivity index (χ3v) is 3.49. The van der Waals surface area contributed by atoms with Crippen molar-refractivity contribution >= 4 is 15.9 Å². The number of rotatable bonds is 5. The van der Waals surface area contributed by atoms with Gasteiger partial charge in [-0.3, -0.25) is 0 Å². The lowest BCUT2D eigenvalue weighted by Gasteiger charge is -2.19. The molecule has 19 heavy (non-hydrogen) atoms. The summed E-state index contributed by atoms with van der Waals surface area (Å²) in [7, 11) is 0. The third kappa shape index (κ3) is 3.04. The summed E-state index contributed by atoms with van der Waals surface area (Å²) < 4.78 is 33.5. The third-order valence-electron chi connectivity index (χ3n) is 2.84. The van der Waals surface area contributed by atoms with Crippen LogP contribution in [0.1, 0.15) is 30.5 Å². The normalized spacial score (nSPS) is 12.6. The van der Waals surface area contributed by atoms with Crippen LogP contribution in [0.15, 0.2) is 39.6 Å². The number of halogens is 3. The topological polar surface area (TPSA) is 25.2 Å². The maximum Gasteiger partial charge on any atom is 0.174 e. The van der Waals surface area contributed by atoms with Crippen molar-refractivity contribution in [1.82, 2.24) is 5.32 Å². The molecular formula is C14H14BrF2NO. The zero-order chi connectivity index (χ0) is 13.8. The van der Waals surface area contributed by atoms with Crippen LogP contribution in [0.2, 0.25) is 0 Å². The predicted molar refractivity (Wildman–Crippen MR) is 72.9 cm³/mol. The lowest BCUT2D eigenvalue weighted by molar-refractivity contribution is 0.490. The van der Waals surface area contributed by atoms with Crippen molar-refractivity contribution in [3.63, 3.8) is 0 Å². The van der Waals surface area contributed by atoms with Crippen LogP contribution in [0.4, 0.5) is 8.78 Å². The van der Waals surface area contributed by atoms with Crippen LogP contribution in [0.25, 0.3) is 0 Å². The monoisotopic (exact) mass is 329 g/mol. The van der Waals surface area contributed by atoms with Crippen LogP contribution in [-0.4, -0.2) is 6.54 Å². The minimum atomic E-state index is -0.575. The molecule has 1 heterocycles. The van der Waals surface area contributed by atoms with E-state index in [1.165, 1.54) is 24.5 Å². The van der Waals surface area contributed by atoms with Gasteiger partial charge in [-0.2, -0.15) is 0 Å². The fraction of sp³-hybridized carbons (Fsp3) is 0.286. The summed E-state index contributed by atoms with van der Waals surface area (Å²) in [6.45, 7) is 2.64. The molecule has 1 N–H and O–H groups in total. The Balaban J connectivity index is 2.46. The van der Waals surface area contributed by atoms with Crippen molar-refractivity contribution in [3.05, 3.63) is 58.0 Å². The lowest BCUT2D eigenvalue weighted by Crippen LogP contribution is -2.25. The van der Waals surface area contributed by atoms with Crippen molar-refractivity contribution in [2.45, 2.75) is 19.4 Å². The molecule has 0 aliphatic carbocycles. The fourth-order valence-corrected chi connectivity index (χ4v) is 2.42. The Morgan fingerprint density at radius 2 is 1.95 bits per heavy atom. The van der Waals surface area contributed by atoms with E-state index in [0.29, 0.717) is 16.8 Å². The molecule has 0 spiro atoms. The molecule has 1 aromatic carbocycles. The van der Waals surface area contributed by atoms with Gasteiger partial charge in [-0.15, -0.1) is 0 Å². The highest BCUT2D eigenvalue weighted by atomic mass is 79.9. The van der Waals surface area contributed by atoms with Gasteiger partial charge in [0.15, 0.2) is 4.67 Å². The standard InChI is InChI=1S/C14H14BrF2NO/c1-2-7-18-13(9-6-8-19-14(9)15)12-10(16)4-3-5-11(12)17/h3-6,8,13,18H,2,7H2,1H3. The first kappa shape index (κ1) is 14.2. The average molecular weight is 330 g/mol. The molecule has 1 atom stereocenters. The summed E-state index contributed by atoms with van der Waals surface area (Å²) in [6.07, 6.45) is 2.35. The first-order valence-electron chi connectivity index (χ1n) is 6.05. The summed E-state index contributed by atoms with van der Waals surface area (Å²) >= 11 is 3.25. The minimum Gasteiger partial charge on any atom is -0.457 e. The second kappa shape index (κ2) is 6.30. The second-order valence-electron chi connectivity index (χ2n) is 4.17. The van der Waals surface area contributed by atoms with Crippen molar-refractivity contribution in [3.8, 4) is 0 Å². The molecule has 0 fully saturated rings. The molecule has 2 aromatic rings. The average Bonchev–Trinajstić information content (AvgIpc) is 2.79. The van der Waals surface area contributed by atoms with Gasteiger partial charge in [-0.25, -0.2) is 8.78 Å². The van der Waals surface area contributed by atoms with Gasteiger partial charge in [0.2, 0.25) is 0 Å². The summed E-state index contributed by atoms with van der Waals surface area (Å²) in [6, 6.07) is 4.99. The van der Waals surface area contributed by atoms with E-state index in [4.69, 9.17) is 4.42 Å². The van der Waals surface area contributed by atoms with Crippen LogP contribution >= 0.6 is 15.9 Å². The van der Waals surface area contributed by atoms with Crippen molar-refractivity contribution in [1.29, 1.82) is 0 Å². The summed E-state index contributed by atoms with van der Waals surface area (Å²) in [4.78, 5) is 0. The minimum absolute atomic E-state index is 0.0121. The van der Waals surface area contributed by atoms with Crippen LogP contribution in [-0.2, 0) is 0 Å². The Bertz CT molecular complexity index is 536. The Morgan fingerprint density at radius 1 is 1.26 bits per heavy atom. The van der Waals surface area contributed by atoms with Crippen molar-refractivity contribution < 1.29 is 13.2 Å². The highest BCUT2D eigenvalue weighted by Crippen LogP contribution is 2.32. The maximum absolute atomic E-state index is 13.9. The van der Waals surface area contributed by atoms with Crippen LogP contribution < -0.4 is 5.32 Å². The van der Waals surface area contributed by atoms with E-state index >= 15 is 0 Å². The molecule has 0 aliphatic rings. The molecule has 0 aliphatic heterocycles. The van der Waals surface area contributed by atoms with E-state index < -0.39 is 17.7 Å². The summed E-state index contributed by atoms with van der Waals surface area (Å²) in [5, 5.41) is 3.14. The summed E-state index contributed by atoms with van der Waals surface area (Å²) in [5.41, 5.74) is 0.690. The summed E-state index contributed by atoms with van der Waals surface area (Å²) in [5.74, 6) is -1.14. The molecule has 1 aromatic heterocycles. The number of furan rings is 1. The first-order valence-corrected chi connectivity index (χ1v) is 6.84. The van der Waals surface area contributed by atoms with E-state index in [-0.39, 0.29) is 5.56 Å². The Kier molecular flexibility index (Phi) is 4.71. The number of hydrogen-bond donors (Lipinski definition) is 1. The second-order valence-corrected chi connectivity index (χ2v) is 4.89. The molecule has 0 amide bonds. The zero-order valence-corrected chi connectivity index (χ0v) is 12.0. The van der Waals surface area contributed by atoms with Gasteiger partial charge < -0.3 is 9.73 Å². The van der Waals surface area contributed by atoms with E-state index in [1.807, 2.05) is 6.92 Å². The van der Waals surface area contributed by atoms with E-state index in [2.05, 4.69) is 21.2 Å². The number of nitrogens with one attached hydrogen (secondary N) is 1. The largest absolute Gasteiger partial charge is 0.457 e. The van der Waals surface area contributed by atoms with Crippen LogP contribution in [0, 0.1) is 11.6 Å².